The van der Waals surface area contributed by atoms with Crippen LogP contribution in [0.15, 0.2) is 88.8 Å². The van der Waals surface area contributed by atoms with Crippen molar-refractivity contribution in [2.75, 3.05) is 5.43 Å². The van der Waals surface area contributed by atoms with Crippen LogP contribution in [0, 0.1) is 17.1 Å². The Balaban J connectivity index is 1.48. The zero-order valence-corrected chi connectivity index (χ0v) is 17.3. The van der Waals surface area contributed by atoms with Gasteiger partial charge in [0.25, 0.3) is 5.56 Å². The minimum Gasteiger partial charge on any atom is -0.489 e. The summed E-state index contributed by atoms with van der Waals surface area (Å²) in [5.41, 5.74) is 4.14. The minimum atomic E-state index is -0.562. The van der Waals surface area contributed by atoms with Gasteiger partial charge in [0.2, 0.25) is 5.95 Å². The summed E-state index contributed by atoms with van der Waals surface area (Å²) >= 11 is 0. The third-order valence-corrected chi connectivity index (χ3v) is 4.67. The molecule has 3 aromatic carbocycles. The van der Waals surface area contributed by atoms with Crippen LogP contribution in [0.25, 0.3) is 11.3 Å². The number of nitrogens with zero attached hydrogens (tertiary/aromatic N) is 3. The van der Waals surface area contributed by atoms with Gasteiger partial charge >= 0.3 is 0 Å². The van der Waals surface area contributed by atoms with Crippen LogP contribution in [0.1, 0.15) is 16.7 Å². The molecule has 0 bridgehead atoms. The summed E-state index contributed by atoms with van der Waals surface area (Å²) in [5, 5.41) is 13.5. The van der Waals surface area contributed by atoms with E-state index in [2.05, 4.69) is 20.5 Å². The van der Waals surface area contributed by atoms with Crippen molar-refractivity contribution in [2.24, 2.45) is 5.10 Å². The molecule has 0 aliphatic heterocycles. The van der Waals surface area contributed by atoms with E-state index in [4.69, 9.17) is 4.74 Å². The van der Waals surface area contributed by atoms with Gasteiger partial charge in [0.1, 0.15) is 29.8 Å². The molecular weight excluding hydrogens is 421 g/mol. The van der Waals surface area contributed by atoms with Crippen LogP contribution in [-0.2, 0) is 6.61 Å². The zero-order valence-electron chi connectivity index (χ0n) is 17.3. The molecule has 0 spiro atoms. The maximum Gasteiger partial charge on any atom is 0.270 e. The zero-order chi connectivity index (χ0) is 23.0. The second-order valence-electron chi connectivity index (χ2n) is 6.94. The fourth-order valence-corrected chi connectivity index (χ4v) is 3.06. The Morgan fingerprint density at radius 3 is 2.67 bits per heavy atom. The molecule has 1 aromatic heterocycles. The number of hydrogen-bond donors (Lipinski definition) is 2. The SMILES string of the molecule is N#Cc1c(-c2ccccc2)nc(NN=Cc2cccc(OCc3ccccc3F)c2)[nH]c1=O. The van der Waals surface area contributed by atoms with Gasteiger partial charge in [-0.15, -0.1) is 0 Å². The number of hydrazone groups is 1. The maximum absolute atomic E-state index is 13.8. The molecule has 4 aromatic rings. The van der Waals surface area contributed by atoms with Crippen molar-refractivity contribution in [1.29, 1.82) is 5.26 Å². The van der Waals surface area contributed by atoms with Crippen LogP contribution in [-0.4, -0.2) is 16.2 Å². The van der Waals surface area contributed by atoms with E-state index < -0.39 is 5.56 Å². The second-order valence-corrected chi connectivity index (χ2v) is 6.94. The molecule has 4 rings (SSSR count). The number of benzene rings is 3. The summed E-state index contributed by atoms with van der Waals surface area (Å²) in [5.74, 6) is 0.331. The van der Waals surface area contributed by atoms with Gasteiger partial charge in [-0.05, 0) is 23.8 Å². The molecule has 33 heavy (non-hydrogen) atoms. The Kier molecular flexibility index (Phi) is 6.52. The van der Waals surface area contributed by atoms with Crippen molar-refractivity contribution in [3.8, 4) is 23.1 Å². The average Bonchev–Trinajstić information content (AvgIpc) is 2.84. The molecular formula is C25H18FN5O2. The first-order valence-corrected chi connectivity index (χ1v) is 9.99. The smallest absolute Gasteiger partial charge is 0.270 e. The molecule has 0 saturated heterocycles. The number of H-pyrrole nitrogens is 1. The van der Waals surface area contributed by atoms with E-state index in [-0.39, 0.29) is 29.6 Å². The standard InChI is InChI=1S/C25H18FN5O2/c26-22-12-5-4-10-19(22)16-33-20-11-6-7-17(13-20)15-28-31-25-29-23(18-8-2-1-3-9-18)21(14-27)24(32)30-25/h1-13,15H,16H2,(H2,29,30,31,32). The molecule has 162 valence electrons. The second kappa shape index (κ2) is 10.0. The van der Waals surface area contributed by atoms with Gasteiger partial charge in [0.15, 0.2) is 0 Å². The van der Waals surface area contributed by atoms with E-state index in [1.807, 2.05) is 18.2 Å². The van der Waals surface area contributed by atoms with Crippen molar-refractivity contribution < 1.29 is 9.13 Å². The summed E-state index contributed by atoms with van der Waals surface area (Å²) in [4.78, 5) is 19.1. The lowest BCUT2D eigenvalue weighted by Crippen LogP contribution is -2.16. The van der Waals surface area contributed by atoms with E-state index in [1.165, 1.54) is 12.3 Å². The van der Waals surface area contributed by atoms with Crippen molar-refractivity contribution in [3.05, 3.63) is 112 Å². The van der Waals surface area contributed by atoms with Gasteiger partial charge in [-0.3, -0.25) is 9.78 Å². The van der Waals surface area contributed by atoms with Crippen molar-refractivity contribution in [2.45, 2.75) is 6.61 Å². The number of rotatable bonds is 7. The molecule has 0 aliphatic carbocycles. The fraction of sp³-hybridized carbons (Fsp3) is 0.0400. The van der Waals surface area contributed by atoms with Gasteiger partial charge in [-0.25, -0.2) is 14.8 Å². The molecule has 1 heterocycles. The molecule has 0 radical (unpaired) electrons. The van der Waals surface area contributed by atoms with E-state index in [1.54, 1.807) is 60.7 Å². The van der Waals surface area contributed by atoms with Gasteiger partial charge < -0.3 is 4.74 Å². The number of aromatic amines is 1. The van der Waals surface area contributed by atoms with Crippen molar-refractivity contribution in [3.63, 3.8) is 0 Å². The van der Waals surface area contributed by atoms with Crippen LogP contribution in [0.5, 0.6) is 5.75 Å². The summed E-state index contributed by atoms with van der Waals surface area (Å²) < 4.78 is 19.4. The fourth-order valence-electron chi connectivity index (χ4n) is 3.06. The van der Waals surface area contributed by atoms with Crippen LogP contribution in [0.2, 0.25) is 0 Å². The lowest BCUT2D eigenvalue weighted by atomic mass is 10.1. The summed E-state index contributed by atoms with van der Waals surface area (Å²) in [6.45, 7) is 0.101. The van der Waals surface area contributed by atoms with Crippen molar-refractivity contribution >= 4 is 12.2 Å². The Bertz CT molecular complexity index is 1390. The molecule has 0 fully saturated rings. The number of anilines is 1. The summed E-state index contributed by atoms with van der Waals surface area (Å²) in [6.07, 6.45) is 1.52. The largest absolute Gasteiger partial charge is 0.489 e. The van der Waals surface area contributed by atoms with E-state index >= 15 is 0 Å². The predicted octanol–water partition coefficient (Wildman–Crippen LogP) is 4.47. The monoisotopic (exact) mass is 439 g/mol. The molecule has 0 atom stereocenters. The number of halogens is 1. The quantitative estimate of drug-likeness (QED) is 0.327. The number of ether oxygens (including phenoxy) is 1. The minimum absolute atomic E-state index is 0.0737. The third kappa shape index (κ3) is 5.29. The van der Waals surface area contributed by atoms with E-state index in [0.717, 1.165) is 0 Å². The molecule has 7 nitrogen and oxygen atoms in total. The lowest BCUT2D eigenvalue weighted by Gasteiger charge is -2.08. The molecule has 8 heteroatoms. The van der Waals surface area contributed by atoms with E-state index in [0.29, 0.717) is 22.4 Å². The predicted molar refractivity (Wildman–Crippen MR) is 123 cm³/mol. The highest BCUT2D eigenvalue weighted by molar-refractivity contribution is 5.80. The Labute approximate surface area is 188 Å². The third-order valence-electron chi connectivity index (χ3n) is 4.67. The number of aromatic nitrogens is 2. The van der Waals surface area contributed by atoms with Crippen LogP contribution < -0.4 is 15.7 Å². The highest BCUT2D eigenvalue weighted by Crippen LogP contribution is 2.19. The number of nitriles is 1. The Morgan fingerprint density at radius 2 is 1.88 bits per heavy atom. The summed E-state index contributed by atoms with van der Waals surface area (Å²) in [6, 6.07) is 24.4. The van der Waals surface area contributed by atoms with Gasteiger partial charge in [-0.2, -0.15) is 10.4 Å². The maximum atomic E-state index is 13.8. The van der Waals surface area contributed by atoms with Gasteiger partial charge in [0.05, 0.1) is 11.9 Å². The first-order valence-electron chi connectivity index (χ1n) is 9.99. The number of hydrogen-bond acceptors (Lipinski definition) is 6. The van der Waals surface area contributed by atoms with Crippen molar-refractivity contribution in [1.82, 2.24) is 9.97 Å². The molecule has 0 aliphatic rings. The average molecular weight is 439 g/mol. The summed E-state index contributed by atoms with van der Waals surface area (Å²) in [7, 11) is 0. The lowest BCUT2D eigenvalue weighted by molar-refractivity contribution is 0.300. The van der Waals surface area contributed by atoms with Crippen LogP contribution in [0.3, 0.4) is 0 Å². The molecule has 0 amide bonds. The molecule has 0 saturated carbocycles. The van der Waals surface area contributed by atoms with Gasteiger partial charge in [-0.1, -0.05) is 60.7 Å². The molecule has 2 N–H and O–H groups in total. The van der Waals surface area contributed by atoms with E-state index in [9.17, 15) is 14.4 Å². The highest BCUT2D eigenvalue weighted by Gasteiger charge is 2.12. The first kappa shape index (κ1) is 21.5. The topological polar surface area (TPSA) is 103 Å². The molecule has 0 unspecified atom stereocenters. The highest BCUT2D eigenvalue weighted by atomic mass is 19.1. The normalized spacial score (nSPS) is 10.7. The number of nitrogens with one attached hydrogen (secondary N) is 2. The first-order chi connectivity index (χ1) is 16.1. The van der Waals surface area contributed by atoms with Crippen LogP contribution >= 0.6 is 0 Å². The Hall–Kier alpha value is -4.77. The Morgan fingerprint density at radius 1 is 1.09 bits per heavy atom. The van der Waals surface area contributed by atoms with Crippen LogP contribution in [0.4, 0.5) is 10.3 Å². The van der Waals surface area contributed by atoms with Gasteiger partial charge in [0, 0.05) is 11.1 Å².